The van der Waals surface area contributed by atoms with Crippen LogP contribution in [-0.2, 0) is 4.79 Å². The Morgan fingerprint density at radius 3 is 2.67 bits per heavy atom. The summed E-state index contributed by atoms with van der Waals surface area (Å²) in [7, 11) is 0. The third-order valence-electron chi connectivity index (χ3n) is 0.939. The van der Waals surface area contributed by atoms with Gasteiger partial charge in [0.15, 0.2) is 0 Å². The fourth-order valence-electron chi connectivity index (χ4n) is 0.523. The van der Waals surface area contributed by atoms with Gasteiger partial charge in [0, 0.05) is 6.21 Å². The highest BCUT2D eigenvalue weighted by Gasteiger charge is 2.07. The van der Waals surface area contributed by atoms with Crippen molar-refractivity contribution in [2.75, 3.05) is 0 Å². The van der Waals surface area contributed by atoms with Crippen molar-refractivity contribution in [1.82, 2.24) is 0 Å². The summed E-state index contributed by atoms with van der Waals surface area (Å²) in [4.78, 5) is 13.8. The lowest BCUT2D eigenvalue weighted by molar-refractivity contribution is -0.131. The first-order valence-corrected chi connectivity index (χ1v) is 2.38. The smallest absolute Gasteiger partial charge is 0.337 e. The molecule has 0 spiro atoms. The van der Waals surface area contributed by atoms with Gasteiger partial charge in [0.1, 0.15) is 0 Å². The molecule has 1 aliphatic heterocycles. The van der Waals surface area contributed by atoms with E-state index in [4.69, 9.17) is 5.11 Å². The van der Waals surface area contributed by atoms with E-state index in [0.717, 1.165) is 0 Å². The Morgan fingerprint density at radius 1 is 1.78 bits per heavy atom. The Hall–Kier alpha value is -1.38. The van der Waals surface area contributed by atoms with Crippen LogP contribution in [0, 0.1) is 0 Å². The van der Waals surface area contributed by atoms with Crippen LogP contribution in [0.25, 0.3) is 0 Å². The van der Waals surface area contributed by atoms with Gasteiger partial charge in [-0.25, -0.2) is 4.79 Å². The van der Waals surface area contributed by atoms with E-state index < -0.39 is 5.97 Å². The third kappa shape index (κ3) is 1.05. The Labute approximate surface area is 52.0 Å². The first-order chi connectivity index (χ1) is 4.20. The summed E-state index contributed by atoms with van der Waals surface area (Å²) in [6.07, 6.45) is 2.70. The van der Waals surface area contributed by atoms with E-state index in [-0.39, 0.29) is 5.57 Å². The zero-order valence-electron chi connectivity index (χ0n) is 4.66. The van der Waals surface area contributed by atoms with Crippen LogP contribution in [0.1, 0.15) is 0 Å². The molecule has 0 aromatic carbocycles. The van der Waals surface area contributed by atoms with Crippen molar-refractivity contribution in [2.24, 2.45) is 4.99 Å². The van der Waals surface area contributed by atoms with Crippen LogP contribution in [0.4, 0.5) is 0 Å². The lowest BCUT2D eigenvalue weighted by Gasteiger charge is -1.81. The highest BCUT2D eigenvalue weighted by Crippen LogP contribution is 2.07. The summed E-state index contributed by atoms with van der Waals surface area (Å²) in [5.74, 6) is -0.961. The molecule has 0 fully saturated rings. The van der Waals surface area contributed by atoms with Gasteiger partial charge < -0.3 is 5.11 Å². The topological polar surface area (TPSA) is 49.7 Å². The van der Waals surface area contributed by atoms with Crippen LogP contribution in [0.3, 0.4) is 0 Å². The maximum Gasteiger partial charge on any atom is 0.337 e. The number of carboxylic acid groups (broad SMARTS) is 1. The van der Waals surface area contributed by atoms with Crippen molar-refractivity contribution >= 4 is 12.2 Å². The van der Waals surface area contributed by atoms with Gasteiger partial charge in [-0.1, -0.05) is 6.58 Å². The first kappa shape index (κ1) is 5.75. The van der Waals surface area contributed by atoms with Gasteiger partial charge in [0.05, 0.1) is 11.3 Å². The highest BCUT2D eigenvalue weighted by molar-refractivity contribution is 6.10. The molecule has 1 rings (SSSR count). The van der Waals surface area contributed by atoms with Crippen molar-refractivity contribution in [3.8, 4) is 0 Å². The maximum atomic E-state index is 10.1. The number of aliphatic imine (C=N–C) groups is 1. The molecule has 3 nitrogen and oxygen atoms in total. The monoisotopic (exact) mass is 123 g/mol. The van der Waals surface area contributed by atoms with Gasteiger partial charge in [0.2, 0.25) is 0 Å². The molecular formula is C6H5NO2. The molecule has 46 valence electrons. The second-order valence-corrected chi connectivity index (χ2v) is 1.65. The zero-order chi connectivity index (χ0) is 6.85. The van der Waals surface area contributed by atoms with Gasteiger partial charge >= 0.3 is 5.97 Å². The van der Waals surface area contributed by atoms with Crippen molar-refractivity contribution in [1.29, 1.82) is 0 Å². The Morgan fingerprint density at radius 2 is 2.44 bits per heavy atom. The largest absolute Gasteiger partial charge is 0.478 e. The summed E-state index contributed by atoms with van der Waals surface area (Å²) >= 11 is 0. The molecule has 9 heavy (non-hydrogen) atoms. The molecule has 0 saturated carbocycles. The van der Waals surface area contributed by atoms with E-state index in [9.17, 15) is 4.79 Å². The highest BCUT2D eigenvalue weighted by atomic mass is 16.4. The molecule has 0 saturated heterocycles. The summed E-state index contributed by atoms with van der Waals surface area (Å²) in [5.41, 5.74) is 0.687. The Kier molecular flexibility index (Phi) is 1.18. The Balaban J connectivity index is 2.88. The van der Waals surface area contributed by atoms with Crippen LogP contribution in [0.5, 0.6) is 0 Å². The van der Waals surface area contributed by atoms with Crippen molar-refractivity contribution < 1.29 is 9.90 Å². The van der Waals surface area contributed by atoms with E-state index in [2.05, 4.69) is 11.6 Å². The number of carbonyl (C=O) groups is 1. The number of aliphatic carboxylic acids is 1. The van der Waals surface area contributed by atoms with E-state index >= 15 is 0 Å². The molecule has 0 bridgehead atoms. The predicted octanol–water partition coefficient (Wildman–Crippen LogP) is 0.595. The van der Waals surface area contributed by atoms with Crippen molar-refractivity contribution in [3.63, 3.8) is 0 Å². The van der Waals surface area contributed by atoms with Crippen LogP contribution >= 0.6 is 0 Å². The van der Waals surface area contributed by atoms with Gasteiger partial charge in [-0.2, -0.15) is 0 Å². The average Bonchev–Trinajstić information content (AvgIpc) is 2.14. The molecule has 0 amide bonds. The minimum absolute atomic E-state index is 0.194. The molecule has 0 unspecified atom stereocenters. The van der Waals surface area contributed by atoms with E-state index in [0.29, 0.717) is 5.70 Å². The number of allylic oxidation sites excluding steroid dienone is 1. The van der Waals surface area contributed by atoms with Crippen LogP contribution in [0.15, 0.2) is 28.9 Å². The van der Waals surface area contributed by atoms with Gasteiger partial charge in [-0.3, -0.25) is 4.99 Å². The SMILES string of the molecule is C=C1C=C(C(=O)O)C=N1. The molecule has 3 heteroatoms. The fraction of sp³-hybridized carbons (Fsp3) is 0. The molecule has 0 aromatic rings. The van der Waals surface area contributed by atoms with Crippen LogP contribution < -0.4 is 0 Å². The van der Waals surface area contributed by atoms with Crippen LogP contribution in [0.2, 0.25) is 0 Å². The summed E-state index contributed by atoms with van der Waals surface area (Å²) in [5, 5.41) is 8.33. The molecular weight excluding hydrogens is 118 g/mol. The molecule has 1 aliphatic rings. The standard InChI is InChI=1S/C6H5NO2/c1-4-2-5(3-7-4)6(8)9/h2-3H,1H2,(H,8,9). The van der Waals surface area contributed by atoms with Gasteiger partial charge in [0.25, 0.3) is 0 Å². The van der Waals surface area contributed by atoms with Crippen molar-refractivity contribution in [3.05, 3.63) is 23.9 Å². The number of carboxylic acids is 1. The fourth-order valence-corrected chi connectivity index (χ4v) is 0.523. The second-order valence-electron chi connectivity index (χ2n) is 1.65. The maximum absolute atomic E-state index is 10.1. The number of rotatable bonds is 1. The second kappa shape index (κ2) is 1.85. The number of hydrogen-bond acceptors (Lipinski definition) is 2. The van der Waals surface area contributed by atoms with E-state index in [1.807, 2.05) is 0 Å². The molecule has 0 aliphatic carbocycles. The quantitative estimate of drug-likeness (QED) is 0.554. The van der Waals surface area contributed by atoms with Gasteiger partial charge in [-0.15, -0.1) is 0 Å². The minimum Gasteiger partial charge on any atom is -0.478 e. The van der Waals surface area contributed by atoms with E-state index in [1.54, 1.807) is 0 Å². The molecule has 1 N–H and O–H groups in total. The van der Waals surface area contributed by atoms with Crippen molar-refractivity contribution in [2.45, 2.75) is 0 Å². The number of nitrogens with zero attached hydrogens (tertiary/aromatic N) is 1. The van der Waals surface area contributed by atoms with Crippen LogP contribution in [-0.4, -0.2) is 17.3 Å². The zero-order valence-corrected chi connectivity index (χ0v) is 4.66. The molecule has 0 radical (unpaired) electrons. The predicted molar refractivity (Wildman–Crippen MR) is 33.4 cm³/mol. The average molecular weight is 123 g/mol. The number of hydrogen-bond donors (Lipinski definition) is 1. The summed E-state index contributed by atoms with van der Waals surface area (Å²) in [6, 6.07) is 0. The Bertz CT molecular complexity index is 225. The first-order valence-electron chi connectivity index (χ1n) is 2.38. The third-order valence-corrected chi connectivity index (χ3v) is 0.939. The molecule has 0 aromatic heterocycles. The molecule has 0 atom stereocenters. The molecule has 1 heterocycles. The summed E-state index contributed by atoms with van der Waals surface area (Å²) < 4.78 is 0. The summed E-state index contributed by atoms with van der Waals surface area (Å²) in [6.45, 7) is 3.45. The van der Waals surface area contributed by atoms with E-state index in [1.165, 1.54) is 12.3 Å². The lowest BCUT2D eigenvalue weighted by Crippen LogP contribution is -1.98. The minimum atomic E-state index is -0.961. The van der Waals surface area contributed by atoms with Gasteiger partial charge in [-0.05, 0) is 6.08 Å². The normalized spacial score (nSPS) is 16.0. The lowest BCUT2D eigenvalue weighted by atomic mass is 10.3.